The number of nitrogens with one attached hydrogen (secondary N) is 2. The van der Waals surface area contributed by atoms with Crippen LogP contribution in [0.5, 0.6) is 5.75 Å². The molecule has 0 amide bonds. The van der Waals surface area contributed by atoms with Crippen molar-refractivity contribution in [3.63, 3.8) is 0 Å². The van der Waals surface area contributed by atoms with E-state index in [2.05, 4.69) is 21.1 Å². The van der Waals surface area contributed by atoms with E-state index in [4.69, 9.17) is 4.74 Å². The number of benzene rings is 1. The Morgan fingerprint density at radius 2 is 2.10 bits per heavy atom. The first kappa shape index (κ1) is 15.1. The van der Waals surface area contributed by atoms with Crippen molar-refractivity contribution in [2.75, 3.05) is 20.8 Å². The summed E-state index contributed by atoms with van der Waals surface area (Å²) in [7, 11) is 3.04. The van der Waals surface area contributed by atoms with Crippen molar-refractivity contribution in [2.45, 2.75) is 13.0 Å². The monoisotopic (exact) mass is 288 g/mol. The van der Waals surface area contributed by atoms with Gasteiger partial charge in [0, 0.05) is 12.2 Å². The maximum atomic E-state index is 11.3. The van der Waals surface area contributed by atoms with Gasteiger partial charge in [-0.2, -0.15) is 0 Å². The van der Waals surface area contributed by atoms with Crippen LogP contribution in [-0.2, 0) is 17.7 Å². The standard InChI is InChI=1S/C16H20N2O3/c1-20-14-5-3-4-12(10-14)8-9-17-11-13-6-7-15(18-13)16(19)21-2/h3-7,10,17-18H,8-9,11H2,1-2H3. The molecule has 0 fully saturated rings. The molecule has 0 unspecified atom stereocenters. The Balaban J connectivity index is 1.76. The van der Waals surface area contributed by atoms with Crippen LogP contribution in [-0.4, -0.2) is 31.7 Å². The molecular formula is C16H20N2O3. The number of H-pyrrole nitrogens is 1. The molecule has 21 heavy (non-hydrogen) atoms. The van der Waals surface area contributed by atoms with Crippen molar-refractivity contribution in [3.05, 3.63) is 53.3 Å². The highest BCUT2D eigenvalue weighted by atomic mass is 16.5. The first-order valence-electron chi connectivity index (χ1n) is 6.83. The fourth-order valence-electron chi connectivity index (χ4n) is 2.06. The summed E-state index contributed by atoms with van der Waals surface area (Å²) < 4.78 is 9.85. The third-order valence-corrected chi connectivity index (χ3v) is 3.19. The number of esters is 1. The third kappa shape index (κ3) is 4.36. The van der Waals surface area contributed by atoms with Gasteiger partial charge in [0.2, 0.25) is 0 Å². The van der Waals surface area contributed by atoms with Gasteiger partial charge < -0.3 is 19.8 Å². The average molecular weight is 288 g/mol. The number of aromatic nitrogens is 1. The summed E-state index contributed by atoms with van der Waals surface area (Å²) in [4.78, 5) is 14.3. The van der Waals surface area contributed by atoms with Gasteiger partial charge in [0.1, 0.15) is 11.4 Å². The van der Waals surface area contributed by atoms with Crippen molar-refractivity contribution in [1.82, 2.24) is 10.3 Å². The second-order valence-corrected chi connectivity index (χ2v) is 4.67. The second kappa shape index (κ2) is 7.50. The maximum absolute atomic E-state index is 11.3. The Hall–Kier alpha value is -2.27. The lowest BCUT2D eigenvalue weighted by Gasteiger charge is -2.06. The van der Waals surface area contributed by atoms with Gasteiger partial charge >= 0.3 is 5.97 Å². The zero-order chi connectivity index (χ0) is 15.1. The highest BCUT2D eigenvalue weighted by Crippen LogP contribution is 2.12. The number of hydrogen-bond acceptors (Lipinski definition) is 4. The lowest BCUT2D eigenvalue weighted by Crippen LogP contribution is -2.17. The van der Waals surface area contributed by atoms with E-state index < -0.39 is 0 Å². The van der Waals surface area contributed by atoms with Gasteiger partial charge in [-0.25, -0.2) is 4.79 Å². The summed E-state index contributed by atoms with van der Waals surface area (Å²) in [5.74, 6) is 0.525. The molecule has 1 heterocycles. The lowest BCUT2D eigenvalue weighted by atomic mass is 10.1. The summed E-state index contributed by atoms with van der Waals surface area (Å²) in [6.07, 6.45) is 0.918. The third-order valence-electron chi connectivity index (χ3n) is 3.19. The molecule has 5 heteroatoms. The Kier molecular flexibility index (Phi) is 5.40. The first-order chi connectivity index (χ1) is 10.2. The van der Waals surface area contributed by atoms with E-state index >= 15 is 0 Å². The zero-order valence-corrected chi connectivity index (χ0v) is 12.3. The molecule has 0 aliphatic rings. The van der Waals surface area contributed by atoms with E-state index in [0.717, 1.165) is 24.4 Å². The van der Waals surface area contributed by atoms with Gasteiger partial charge in [-0.05, 0) is 42.8 Å². The van der Waals surface area contributed by atoms with Gasteiger partial charge in [-0.15, -0.1) is 0 Å². The molecule has 1 aromatic heterocycles. The number of aromatic amines is 1. The summed E-state index contributed by atoms with van der Waals surface area (Å²) in [5.41, 5.74) is 2.66. The van der Waals surface area contributed by atoms with Crippen molar-refractivity contribution in [2.24, 2.45) is 0 Å². The minimum absolute atomic E-state index is 0.349. The highest BCUT2D eigenvalue weighted by molar-refractivity contribution is 5.87. The summed E-state index contributed by atoms with van der Waals surface area (Å²) in [5, 5.41) is 3.33. The van der Waals surface area contributed by atoms with Crippen LogP contribution in [0.3, 0.4) is 0 Å². The molecule has 0 radical (unpaired) electrons. The van der Waals surface area contributed by atoms with E-state index in [-0.39, 0.29) is 5.97 Å². The van der Waals surface area contributed by atoms with E-state index in [1.807, 2.05) is 24.3 Å². The lowest BCUT2D eigenvalue weighted by molar-refractivity contribution is 0.0594. The van der Waals surface area contributed by atoms with Gasteiger partial charge in [0.15, 0.2) is 0 Å². The molecule has 0 saturated heterocycles. The topological polar surface area (TPSA) is 63.4 Å². The fraction of sp³-hybridized carbons (Fsp3) is 0.312. The van der Waals surface area contributed by atoms with Gasteiger partial charge in [-0.1, -0.05) is 12.1 Å². The Morgan fingerprint density at radius 3 is 2.86 bits per heavy atom. The number of hydrogen-bond donors (Lipinski definition) is 2. The predicted octanol–water partition coefficient (Wildman–Crippen LogP) is 2.14. The Labute approximate surface area is 124 Å². The molecule has 2 rings (SSSR count). The number of carbonyl (C=O) groups is 1. The van der Waals surface area contributed by atoms with Gasteiger partial charge in [-0.3, -0.25) is 0 Å². The number of rotatable bonds is 7. The summed E-state index contributed by atoms with van der Waals surface area (Å²) in [6.45, 7) is 1.53. The van der Waals surface area contributed by atoms with Crippen LogP contribution in [0.2, 0.25) is 0 Å². The van der Waals surface area contributed by atoms with Gasteiger partial charge in [0.25, 0.3) is 0 Å². The van der Waals surface area contributed by atoms with Crippen LogP contribution >= 0.6 is 0 Å². The van der Waals surface area contributed by atoms with Crippen molar-refractivity contribution < 1.29 is 14.3 Å². The van der Waals surface area contributed by atoms with Crippen molar-refractivity contribution in [1.29, 1.82) is 0 Å². The molecule has 112 valence electrons. The quantitative estimate of drug-likeness (QED) is 0.605. The molecule has 0 spiro atoms. The van der Waals surface area contributed by atoms with E-state index in [0.29, 0.717) is 12.2 Å². The first-order valence-corrected chi connectivity index (χ1v) is 6.83. The normalized spacial score (nSPS) is 10.4. The van der Waals surface area contributed by atoms with Crippen LogP contribution < -0.4 is 10.1 Å². The minimum atomic E-state index is -0.349. The minimum Gasteiger partial charge on any atom is -0.497 e. The van der Waals surface area contributed by atoms with Crippen molar-refractivity contribution >= 4 is 5.97 Å². The molecule has 0 aliphatic carbocycles. The zero-order valence-electron chi connectivity index (χ0n) is 12.3. The van der Waals surface area contributed by atoms with E-state index in [9.17, 15) is 4.79 Å². The molecule has 0 aliphatic heterocycles. The van der Waals surface area contributed by atoms with Gasteiger partial charge in [0.05, 0.1) is 14.2 Å². The molecule has 0 atom stereocenters. The smallest absolute Gasteiger partial charge is 0.354 e. The molecule has 0 saturated carbocycles. The molecule has 0 bridgehead atoms. The number of methoxy groups -OCH3 is 2. The fourth-order valence-corrected chi connectivity index (χ4v) is 2.06. The molecule has 2 aromatic rings. The highest BCUT2D eigenvalue weighted by Gasteiger charge is 2.07. The van der Waals surface area contributed by atoms with Crippen LogP contribution in [0, 0.1) is 0 Å². The molecule has 2 N–H and O–H groups in total. The second-order valence-electron chi connectivity index (χ2n) is 4.67. The van der Waals surface area contributed by atoms with Crippen LogP contribution in [0.25, 0.3) is 0 Å². The van der Waals surface area contributed by atoms with Crippen molar-refractivity contribution in [3.8, 4) is 5.75 Å². The van der Waals surface area contributed by atoms with Crippen LogP contribution in [0.1, 0.15) is 21.7 Å². The largest absolute Gasteiger partial charge is 0.497 e. The summed E-state index contributed by atoms with van der Waals surface area (Å²) in [6, 6.07) is 11.6. The van der Waals surface area contributed by atoms with E-state index in [1.165, 1.54) is 12.7 Å². The predicted molar refractivity (Wildman–Crippen MR) is 80.5 cm³/mol. The number of carbonyl (C=O) groups excluding carboxylic acids is 1. The SMILES string of the molecule is COC(=O)c1ccc(CNCCc2cccc(OC)c2)[nH]1. The molecule has 5 nitrogen and oxygen atoms in total. The van der Waals surface area contributed by atoms with Crippen LogP contribution in [0.4, 0.5) is 0 Å². The Bertz CT molecular complexity index is 593. The Morgan fingerprint density at radius 1 is 1.24 bits per heavy atom. The van der Waals surface area contributed by atoms with Crippen LogP contribution in [0.15, 0.2) is 36.4 Å². The number of ether oxygens (including phenoxy) is 2. The maximum Gasteiger partial charge on any atom is 0.354 e. The molecule has 1 aromatic carbocycles. The average Bonchev–Trinajstić information content (AvgIpc) is 3.00. The van der Waals surface area contributed by atoms with E-state index in [1.54, 1.807) is 13.2 Å². The molecular weight excluding hydrogens is 268 g/mol. The summed E-state index contributed by atoms with van der Waals surface area (Å²) >= 11 is 0.